The number of amides is 1. The molecule has 5 aromatic heterocycles. The molecule has 3 N–H and O–H groups in total. The molecule has 8 heteroatoms. The standard InChI is InChI=1S/C26H19N5O3/c32-25-22-12-17(21-14-28-24-20(21)3-1-9-27-24)15-31(22)19(13-29-25)11-16-5-7-18(8-6-16)30-26(33)23-4-2-10-34-23/h1-10,12-15H,11H2,(H,27,28)(H,29,32)(H,30,33). The van der Waals surface area contributed by atoms with Crippen LogP contribution in [0.25, 0.3) is 27.7 Å². The summed E-state index contributed by atoms with van der Waals surface area (Å²) in [6, 6.07) is 16.7. The molecule has 0 fully saturated rings. The van der Waals surface area contributed by atoms with Crippen LogP contribution in [0.5, 0.6) is 0 Å². The summed E-state index contributed by atoms with van der Waals surface area (Å²) in [6.45, 7) is 0. The van der Waals surface area contributed by atoms with Crippen LogP contribution in [0.1, 0.15) is 21.8 Å². The molecule has 0 aliphatic heterocycles. The van der Waals surface area contributed by atoms with E-state index in [-0.39, 0.29) is 17.2 Å². The van der Waals surface area contributed by atoms with Crippen molar-refractivity contribution in [2.24, 2.45) is 0 Å². The Balaban J connectivity index is 1.30. The van der Waals surface area contributed by atoms with Crippen LogP contribution >= 0.6 is 0 Å². The van der Waals surface area contributed by atoms with Gasteiger partial charge in [0.05, 0.1) is 6.26 Å². The van der Waals surface area contributed by atoms with Crippen molar-refractivity contribution in [3.8, 4) is 11.1 Å². The molecule has 0 radical (unpaired) electrons. The fourth-order valence-electron chi connectivity index (χ4n) is 4.16. The lowest BCUT2D eigenvalue weighted by Gasteiger charge is -2.08. The number of carbonyl (C=O) groups excluding carboxylic acids is 1. The third-order valence-electron chi connectivity index (χ3n) is 5.84. The van der Waals surface area contributed by atoms with Gasteiger partial charge in [-0.2, -0.15) is 0 Å². The van der Waals surface area contributed by atoms with Crippen molar-refractivity contribution in [1.82, 2.24) is 19.4 Å². The number of pyridine rings is 1. The number of nitrogens with one attached hydrogen (secondary N) is 3. The van der Waals surface area contributed by atoms with E-state index in [1.54, 1.807) is 24.5 Å². The van der Waals surface area contributed by atoms with E-state index in [4.69, 9.17) is 4.42 Å². The van der Waals surface area contributed by atoms with E-state index in [2.05, 4.69) is 20.3 Å². The first kappa shape index (κ1) is 19.8. The molecule has 1 aromatic carbocycles. The van der Waals surface area contributed by atoms with Crippen LogP contribution in [-0.2, 0) is 6.42 Å². The van der Waals surface area contributed by atoms with Gasteiger partial charge in [0.15, 0.2) is 5.76 Å². The molecular formula is C26H19N5O3. The van der Waals surface area contributed by atoms with Gasteiger partial charge in [-0.15, -0.1) is 0 Å². The third-order valence-corrected chi connectivity index (χ3v) is 5.84. The molecule has 0 saturated carbocycles. The maximum atomic E-state index is 12.5. The summed E-state index contributed by atoms with van der Waals surface area (Å²) in [5.74, 6) is -0.0402. The Kier molecular flexibility index (Phi) is 4.62. The van der Waals surface area contributed by atoms with Crippen LogP contribution in [-0.4, -0.2) is 25.3 Å². The van der Waals surface area contributed by atoms with Gasteiger partial charge in [0, 0.05) is 59.1 Å². The van der Waals surface area contributed by atoms with Crippen molar-refractivity contribution in [2.45, 2.75) is 6.42 Å². The molecule has 1 amide bonds. The Morgan fingerprint density at radius 1 is 1.06 bits per heavy atom. The first-order valence-corrected chi connectivity index (χ1v) is 10.7. The normalized spacial score (nSPS) is 11.3. The molecule has 34 heavy (non-hydrogen) atoms. The zero-order chi connectivity index (χ0) is 23.1. The number of fused-ring (bicyclic) bond motifs is 2. The van der Waals surface area contributed by atoms with Crippen LogP contribution in [0.15, 0.2) is 94.9 Å². The first-order valence-electron chi connectivity index (χ1n) is 10.7. The highest BCUT2D eigenvalue weighted by Crippen LogP contribution is 2.29. The Morgan fingerprint density at radius 2 is 1.94 bits per heavy atom. The van der Waals surface area contributed by atoms with Crippen molar-refractivity contribution in [3.05, 3.63) is 113 Å². The number of hydrogen-bond acceptors (Lipinski definition) is 4. The SMILES string of the molecule is O=C(Nc1ccc(Cc2c[nH]c(=O)c3cc(-c4c[nH]c5ncccc45)cn23)cc1)c1ccco1. The Labute approximate surface area is 192 Å². The molecular weight excluding hydrogens is 430 g/mol. The fourth-order valence-corrected chi connectivity index (χ4v) is 4.16. The van der Waals surface area contributed by atoms with Crippen LogP contribution < -0.4 is 10.9 Å². The monoisotopic (exact) mass is 449 g/mol. The summed E-state index contributed by atoms with van der Waals surface area (Å²) in [6.07, 6.45) is 9.44. The average molecular weight is 449 g/mol. The summed E-state index contributed by atoms with van der Waals surface area (Å²) < 4.78 is 7.05. The molecule has 6 aromatic rings. The molecule has 6 rings (SSSR count). The fraction of sp³-hybridized carbons (Fsp3) is 0.0385. The summed E-state index contributed by atoms with van der Waals surface area (Å²) in [4.78, 5) is 35.1. The van der Waals surface area contributed by atoms with E-state index in [0.717, 1.165) is 33.4 Å². The van der Waals surface area contributed by atoms with Gasteiger partial charge < -0.3 is 24.1 Å². The lowest BCUT2D eigenvalue weighted by Crippen LogP contribution is -2.12. The molecule has 0 bridgehead atoms. The number of aromatic nitrogens is 4. The number of aromatic amines is 2. The Morgan fingerprint density at radius 3 is 2.76 bits per heavy atom. The summed E-state index contributed by atoms with van der Waals surface area (Å²) >= 11 is 0. The van der Waals surface area contributed by atoms with Crippen molar-refractivity contribution < 1.29 is 9.21 Å². The largest absolute Gasteiger partial charge is 0.459 e. The lowest BCUT2D eigenvalue weighted by molar-refractivity contribution is 0.0996. The summed E-state index contributed by atoms with van der Waals surface area (Å²) in [7, 11) is 0. The minimum Gasteiger partial charge on any atom is -0.459 e. The topological polar surface area (TPSA) is 108 Å². The van der Waals surface area contributed by atoms with Crippen molar-refractivity contribution in [1.29, 1.82) is 0 Å². The van der Waals surface area contributed by atoms with Crippen molar-refractivity contribution >= 4 is 28.1 Å². The summed E-state index contributed by atoms with van der Waals surface area (Å²) in [5, 5.41) is 3.82. The quantitative estimate of drug-likeness (QED) is 0.357. The van der Waals surface area contributed by atoms with Crippen LogP contribution in [0.4, 0.5) is 5.69 Å². The van der Waals surface area contributed by atoms with Crippen LogP contribution in [0.3, 0.4) is 0 Å². The number of anilines is 1. The van der Waals surface area contributed by atoms with E-state index in [1.165, 1.54) is 6.26 Å². The number of carbonyl (C=O) groups is 1. The zero-order valence-electron chi connectivity index (χ0n) is 17.9. The van der Waals surface area contributed by atoms with Gasteiger partial charge in [-0.05, 0) is 48.0 Å². The zero-order valence-corrected chi connectivity index (χ0v) is 17.9. The van der Waals surface area contributed by atoms with Crippen molar-refractivity contribution in [2.75, 3.05) is 5.32 Å². The maximum Gasteiger partial charge on any atom is 0.291 e. The number of furan rings is 1. The second-order valence-electron chi connectivity index (χ2n) is 8.00. The van der Waals surface area contributed by atoms with Gasteiger partial charge in [-0.1, -0.05) is 12.1 Å². The second-order valence-corrected chi connectivity index (χ2v) is 8.00. The minimum atomic E-state index is -0.299. The molecule has 0 spiro atoms. The highest BCUT2D eigenvalue weighted by atomic mass is 16.3. The predicted molar refractivity (Wildman–Crippen MR) is 129 cm³/mol. The molecule has 8 nitrogen and oxygen atoms in total. The average Bonchev–Trinajstić information content (AvgIpc) is 3.61. The Bertz CT molecular complexity index is 1690. The lowest BCUT2D eigenvalue weighted by atomic mass is 10.1. The highest BCUT2D eigenvalue weighted by Gasteiger charge is 2.13. The smallest absolute Gasteiger partial charge is 0.291 e. The van der Waals surface area contributed by atoms with Gasteiger partial charge in [0.25, 0.3) is 11.5 Å². The molecule has 0 atom stereocenters. The molecule has 0 unspecified atom stereocenters. The first-order chi connectivity index (χ1) is 16.7. The molecule has 0 saturated heterocycles. The number of nitrogens with zero attached hydrogens (tertiary/aromatic N) is 2. The third kappa shape index (κ3) is 3.47. The molecule has 166 valence electrons. The van der Waals surface area contributed by atoms with E-state index >= 15 is 0 Å². The molecule has 0 aliphatic carbocycles. The van der Waals surface area contributed by atoms with Gasteiger partial charge in [0.1, 0.15) is 11.2 Å². The number of H-pyrrole nitrogens is 2. The second kappa shape index (κ2) is 7.93. The van der Waals surface area contributed by atoms with Gasteiger partial charge >= 0.3 is 0 Å². The predicted octanol–water partition coefficient (Wildman–Crippen LogP) is 4.61. The van der Waals surface area contributed by atoms with Gasteiger partial charge in [0.2, 0.25) is 0 Å². The van der Waals surface area contributed by atoms with E-state index in [1.807, 2.05) is 59.3 Å². The number of rotatable bonds is 5. The van der Waals surface area contributed by atoms with Crippen LogP contribution in [0, 0.1) is 0 Å². The van der Waals surface area contributed by atoms with E-state index in [9.17, 15) is 9.59 Å². The van der Waals surface area contributed by atoms with E-state index in [0.29, 0.717) is 17.6 Å². The minimum absolute atomic E-state index is 0.149. The molecule has 0 aliphatic rings. The van der Waals surface area contributed by atoms with Gasteiger partial charge in [-0.3, -0.25) is 9.59 Å². The van der Waals surface area contributed by atoms with Gasteiger partial charge in [-0.25, -0.2) is 4.98 Å². The van der Waals surface area contributed by atoms with Crippen LogP contribution in [0.2, 0.25) is 0 Å². The molecule has 5 heterocycles. The number of benzene rings is 1. The highest BCUT2D eigenvalue weighted by molar-refractivity contribution is 6.02. The maximum absolute atomic E-state index is 12.5. The van der Waals surface area contributed by atoms with Crippen molar-refractivity contribution in [3.63, 3.8) is 0 Å². The van der Waals surface area contributed by atoms with E-state index < -0.39 is 0 Å². The Hall–Kier alpha value is -4.85. The summed E-state index contributed by atoms with van der Waals surface area (Å²) in [5.41, 5.74) is 5.81. The number of hydrogen-bond donors (Lipinski definition) is 3.